The number of amides is 4. The summed E-state index contributed by atoms with van der Waals surface area (Å²) in [4.78, 5) is 85.4. The minimum Gasteiger partial charge on any atom is -0.422 e. The maximum atomic E-state index is 13.4. The predicted octanol–water partition coefficient (Wildman–Crippen LogP) is 8.58. The Kier molecular flexibility index (Phi) is 8.26. The van der Waals surface area contributed by atoms with Gasteiger partial charge in [0.1, 0.15) is 21.3 Å². The van der Waals surface area contributed by atoms with Crippen LogP contribution in [0.2, 0.25) is 0 Å². The molecule has 2 aromatic carbocycles. The van der Waals surface area contributed by atoms with E-state index in [1.54, 1.807) is 48.5 Å². The van der Waals surface area contributed by atoms with Crippen molar-refractivity contribution in [3.05, 3.63) is 116 Å². The van der Waals surface area contributed by atoms with E-state index in [0.29, 0.717) is 32.6 Å². The van der Waals surface area contributed by atoms with Crippen molar-refractivity contribution in [2.75, 3.05) is 9.80 Å². The summed E-state index contributed by atoms with van der Waals surface area (Å²) in [5.74, 6) is -1.53. The zero-order valence-corrected chi connectivity index (χ0v) is 33.8. The van der Waals surface area contributed by atoms with Crippen LogP contribution in [0.1, 0.15) is 72.3 Å². The molecule has 0 N–H and O–H groups in total. The van der Waals surface area contributed by atoms with Crippen LogP contribution in [0, 0.1) is 61.2 Å². The van der Waals surface area contributed by atoms with Gasteiger partial charge >= 0.3 is 11.9 Å². The van der Waals surface area contributed by atoms with Crippen molar-refractivity contribution in [3.63, 3.8) is 0 Å². The SMILES string of the molecule is Cc1sc(C(=O)Oc2ccc(N3C(=O)[C@@H]4[C@H](C3=O)[C@H]3C=C[C@@H]4C3)cc2)cc1C1=C(c2cc(C(=O)Oc3ccc(N4C(=O)[C@@H]5[C@H](C4=O)[C@H]4C=C[C@@H]5C4)cc3)sc2C)CCC1. The van der Waals surface area contributed by atoms with E-state index in [1.807, 2.05) is 26.0 Å². The van der Waals surface area contributed by atoms with E-state index in [2.05, 4.69) is 24.3 Å². The monoisotopic (exact) mass is 822 g/mol. The molecule has 4 bridgehead atoms. The molecule has 0 unspecified atom stereocenters. The summed E-state index contributed by atoms with van der Waals surface area (Å²) in [6, 6.07) is 16.9. The number of hydrogen-bond donors (Lipinski definition) is 0. The van der Waals surface area contributed by atoms with Gasteiger partial charge in [-0.05, 0) is 153 Å². The second kappa shape index (κ2) is 13.4. The molecule has 2 saturated carbocycles. The fraction of sp³-hybridized carbons (Fsp3) is 0.319. The van der Waals surface area contributed by atoms with Crippen LogP contribution in [0.25, 0.3) is 11.1 Å². The van der Waals surface area contributed by atoms with Crippen LogP contribution >= 0.6 is 22.7 Å². The Morgan fingerprint density at radius 2 is 0.881 bits per heavy atom. The molecule has 0 spiro atoms. The van der Waals surface area contributed by atoms with Gasteiger partial charge < -0.3 is 9.47 Å². The number of ether oxygens (including phenoxy) is 2. The van der Waals surface area contributed by atoms with E-state index >= 15 is 0 Å². The minimum atomic E-state index is -0.488. The number of nitrogens with zero attached hydrogens (tertiary/aromatic N) is 2. The zero-order valence-electron chi connectivity index (χ0n) is 32.2. The highest BCUT2D eigenvalue weighted by molar-refractivity contribution is 7.14. The molecule has 296 valence electrons. The number of fused-ring (bicyclic) bond motifs is 10. The Balaban J connectivity index is 0.762. The number of imide groups is 2. The number of rotatable bonds is 8. The molecule has 0 radical (unpaired) electrons. The average Bonchev–Trinajstić information content (AvgIpc) is 4.09. The molecule has 10 nitrogen and oxygen atoms in total. The van der Waals surface area contributed by atoms with Crippen molar-refractivity contribution in [2.45, 2.75) is 46.0 Å². The molecule has 12 heteroatoms. The van der Waals surface area contributed by atoms with Gasteiger partial charge in [-0.1, -0.05) is 24.3 Å². The van der Waals surface area contributed by atoms with Crippen molar-refractivity contribution in [1.29, 1.82) is 0 Å². The first-order valence-corrected chi connectivity index (χ1v) is 21.9. The Labute approximate surface area is 347 Å². The first-order valence-electron chi connectivity index (χ1n) is 20.2. The van der Waals surface area contributed by atoms with Gasteiger partial charge in [0.15, 0.2) is 0 Å². The lowest BCUT2D eigenvalue weighted by Crippen LogP contribution is -2.32. The number of hydrogen-bond acceptors (Lipinski definition) is 10. The molecule has 2 saturated heterocycles. The van der Waals surface area contributed by atoms with E-state index in [9.17, 15) is 28.8 Å². The maximum Gasteiger partial charge on any atom is 0.353 e. The van der Waals surface area contributed by atoms with Crippen molar-refractivity contribution < 1.29 is 38.2 Å². The third-order valence-corrected chi connectivity index (χ3v) is 15.7. The number of esters is 2. The molecule has 4 heterocycles. The van der Waals surface area contributed by atoms with E-state index in [1.165, 1.54) is 32.5 Å². The minimum absolute atomic E-state index is 0.132. The third-order valence-electron chi connectivity index (χ3n) is 13.7. The molecule has 4 amide bonds. The Morgan fingerprint density at radius 3 is 1.22 bits per heavy atom. The highest BCUT2D eigenvalue weighted by Gasteiger charge is 2.60. The van der Waals surface area contributed by atoms with Gasteiger partial charge in [-0.25, -0.2) is 9.59 Å². The van der Waals surface area contributed by atoms with Crippen LogP contribution in [0.4, 0.5) is 11.4 Å². The van der Waals surface area contributed by atoms with Crippen LogP contribution in [0.15, 0.2) is 85.0 Å². The number of carbonyl (C=O) groups is 6. The van der Waals surface area contributed by atoms with Gasteiger partial charge in [-0.15, -0.1) is 22.7 Å². The van der Waals surface area contributed by atoms with E-state index in [-0.39, 0.29) is 71.0 Å². The van der Waals surface area contributed by atoms with Gasteiger partial charge in [0, 0.05) is 9.75 Å². The van der Waals surface area contributed by atoms with Gasteiger partial charge in [0.2, 0.25) is 23.6 Å². The van der Waals surface area contributed by atoms with Crippen molar-refractivity contribution in [2.24, 2.45) is 47.3 Å². The maximum absolute atomic E-state index is 13.4. The molecular formula is C47H38N2O8S2. The summed E-state index contributed by atoms with van der Waals surface area (Å²) in [5.41, 5.74) is 5.23. The summed E-state index contributed by atoms with van der Waals surface area (Å²) in [7, 11) is 0. The molecule has 5 aliphatic carbocycles. The fourth-order valence-electron chi connectivity index (χ4n) is 11.1. The number of aryl methyl sites for hydroxylation is 2. The number of carbonyl (C=O) groups excluding carboxylic acids is 6. The lowest BCUT2D eigenvalue weighted by Gasteiger charge is -2.17. The molecular weight excluding hydrogens is 785 g/mol. The number of thiophene rings is 2. The van der Waals surface area contributed by atoms with Gasteiger partial charge in [-0.3, -0.25) is 29.0 Å². The topological polar surface area (TPSA) is 127 Å². The molecule has 11 rings (SSSR count). The first kappa shape index (κ1) is 36.4. The Hall–Kier alpha value is -5.72. The van der Waals surface area contributed by atoms with Crippen LogP contribution < -0.4 is 19.3 Å². The van der Waals surface area contributed by atoms with Gasteiger partial charge in [-0.2, -0.15) is 0 Å². The largest absolute Gasteiger partial charge is 0.422 e. The predicted molar refractivity (Wildman–Crippen MR) is 222 cm³/mol. The Bertz CT molecular complexity index is 2410. The Morgan fingerprint density at radius 1 is 0.542 bits per heavy atom. The highest BCUT2D eigenvalue weighted by Crippen LogP contribution is 2.55. The van der Waals surface area contributed by atoms with E-state index < -0.39 is 11.9 Å². The van der Waals surface area contributed by atoms with Crippen molar-refractivity contribution in [1.82, 2.24) is 0 Å². The first-order chi connectivity index (χ1) is 28.5. The smallest absolute Gasteiger partial charge is 0.353 e. The van der Waals surface area contributed by atoms with Gasteiger partial charge in [0.25, 0.3) is 0 Å². The second-order valence-corrected chi connectivity index (χ2v) is 19.3. The second-order valence-electron chi connectivity index (χ2n) is 16.8. The molecule has 2 aromatic heterocycles. The molecule has 59 heavy (non-hydrogen) atoms. The third kappa shape index (κ3) is 5.55. The standard InChI is InChI=1S/C47H38N2O8S2/c1-22-34(20-36(58-22)46(54)56-30-14-10-28(11-15-30)48-42(50)38-24-6-7-25(18-24)39(38)43(48)51)32-4-3-5-33(32)35-21-37(59-23(35)2)47(55)57-31-16-12-29(13-17-31)49-44(52)40-26-8-9-27(19-26)41(40)45(49)53/h6-17,20-21,24-27,38-41H,3-5,18-19H2,1-2H3/t24-,25+,26-,27+,38+,39-,40+,41-. The van der Waals surface area contributed by atoms with Crippen LogP contribution in [-0.2, 0) is 19.2 Å². The molecule has 2 aliphatic heterocycles. The highest BCUT2D eigenvalue weighted by atomic mass is 32.1. The zero-order chi connectivity index (χ0) is 40.4. The summed E-state index contributed by atoms with van der Waals surface area (Å²) in [6.07, 6.45) is 12.6. The van der Waals surface area contributed by atoms with Crippen LogP contribution in [0.3, 0.4) is 0 Å². The quantitative estimate of drug-likeness (QED) is 0.0749. The van der Waals surface area contributed by atoms with Crippen molar-refractivity contribution >= 4 is 80.8 Å². The lowest BCUT2D eigenvalue weighted by molar-refractivity contribution is -0.124. The van der Waals surface area contributed by atoms with E-state index in [4.69, 9.17) is 9.47 Å². The summed E-state index contributed by atoms with van der Waals surface area (Å²) < 4.78 is 11.5. The lowest BCUT2D eigenvalue weighted by atomic mass is 9.85. The molecule has 7 aliphatic rings. The van der Waals surface area contributed by atoms with Crippen LogP contribution in [-0.4, -0.2) is 35.6 Å². The number of benzene rings is 2. The summed E-state index contributed by atoms with van der Waals surface area (Å²) in [6.45, 7) is 3.99. The van der Waals surface area contributed by atoms with E-state index in [0.717, 1.165) is 64.1 Å². The fourth-order valence-corrected chi connectivity index (χ4v) is 12.9. The number of anilines is 2. The van der Waals surface area contributed by atoms with Crippen LogP contribution in [0.5, 0.6) is 11.5 Å². The summed E-state index contributed by atoms with van der Waals surface area (Å²) >= 11 is 2.74. The normalized spacial score (nSPS) is 28.5. The van der Waals surface area contributed by atoms with Crippen molar-refractivity contribution in [3.8, 4) is 11.5 Å². The average molecular weight is 823 g/mol. The van der Waals surface area contributed by atoms with Gasteiger partial charge in [0.05, 0.1) is 35.0 Å². The molecule has 4 fully saturated rings. The summed E-state index contributed by atoms with van der Waals surface area (Å²) in [5, 5.41) is 0. The molecule has 4 aromatic rings. The number of allylic oxidation sites excluding steroid dienone is 6. The molecule has 8 atom stereocenters.